The maximum atomic E-state index is 12.5. The number of carbonyl (C=O) groups is 1. The van der Waals surface area contributed by atoms with Crippen LogP contribution in [0.5, 0.6) is 11.5 Å². The van der Waals surface area contributed by atoms with Crippen LogP contribution in [0.1, 0.15) is 21.5 Å². The van der Waals surface area contributed by atoms with E-state index in [0.717, 1.165) is 11.3 Å². The number of benzene rings is 3. The summed E-state index contributed by atoms with van der Waals surface area (Å²) in [6, 6.07) is 17.7. The molecule has 0 unspecified atom stereocenters. The van der Waals surface area contributed by atoms with Gasteiger partial charge in [0.1, 0.15) is 17.2 Å². The smallest absolute Gasteiger partial charge is 0.258 e. The molecule has 0 aliphatic heterocycles. The zero-order chi connectivity index (χ0) is 19.4. The van der Waals surface area contributed by atoms with Gasteiger partial charge in [-0.3, -0.25) is 4.79 Å². The maximum absolute atomic E-state index is 12.5. The van der Waals surface area contributed by atoms with Crippen molar-refractivity contribution in [2.45, 2.75) is 13.8 Å². The number of rotatable bonds is 5. The third-order valence-electron chi connectivity index (χ3n) is 3.97. The molecule has 0 radical (unpaired) electrons. The summed E-state index contributed by atoms with van der Waals surface area (Å²) < 4.78 is 5.76. The number of halogens is 1. The highest BCUT2D eigenvalue weighted by atomic mass is 35.5. The van der Waals surface area contributed by atoms with Crippen molar-refractivity contribution in [3.63, 3.8) is 0 Å². The predicted octanol–water partition coefficient (Wildman–Crippen LogP) is 6.40. The second kappa shape index (κ2) is 8.01. The Labute approximate surface area is 161 Å². The first-order valence-electron chi connectivity index (χ1n) is 8.25. The molecule has 0 saturated carbocycles. The summed E-state index contributed by atoms with van der Waals surface area (Å²) in [6.45, 7) is 3.69. The van der Waals surface area contributed by atoms with Gasteiger partial charge in [0.25, 0.3) is 5.91 Å². The molecule has 27 heavy (non-hydrogen) atoms. The van der Waals surface area contributed by atoms with Crippen molar-refractivity contribution in [2.75, 3.05) is 5.32 Å². The number of ether oxygens (including phenoxy) is 1. The van der Waals surface area contributed by atoms with Gasteiger partial charge in [-0.1, -0.05) is 29.3 Å². The Balaban J connectivity index is 1.74. The van der Waals surface area contributed by atoms with Crippen LogP contribution in [0, 0.1) is 18.8 Å². The first-order valence-corrected chi connectivity index (χ1v) is 8.63. The lowest BCUT2D eigenvalue weighted by molar-refractivity contribution is 0.102. The van der Waals surface area contributed by atoms with E-state index in [1.54, 1.807) is 37.3 Å². The molecule has 1 N–H and O–H groups in total. The molecule has 1 amide bonds. The average molecular weight is 381 g/mol. The van der Waals surface area contributed by atoms with Crippen LogP contribution in [0.25, 0.3) is 0 Å². The molecule has 0 heterocycles. The summed E-state index contributed by atoms with van der Waals surface area (Å²) in [5, 5.41) is 6.05. The van der Waals surface area contributed by atoms with Crippen molar-refractivity contribution in [1.82, 2.24) is 0 Å². The Morgan fingerprint density at radius 1 is 0.963 bits per heavy atom. The predicted molar refractivity (Wildman–Crippen MR) is 107 cm³/mol. The highest BCUT2D eigenvalue weighted by Crippen LogP contribution is 2.29. The Kier molecular flexibility index (Phi) is 5.52. The maximum Gasteiger partial charge on any atom is 0.258 e. The number of nitrogens with one attached hydrogen (secondary N) is 1. The minimum absolute atomic E-state index is 0.0798. The van der Waals surface area contributed by atoms with Crippen molar-refractivity contribution in [1.29, 1.82) is 0 Å². The zero-order valence-corrected chi connectivity index (χ0v) is 15.6. The molecule has 0 saturated heterocycles. The van der Waals surface area contributed by atoms with Crippen LogP contribution in [-0.2, 0) is 0 Å². The average Bonchev–Trinajstić information content (AvgIpc) is 2.64. The van der Waals surface area contributed by atoms with E-state index in [-0.39, 0.29) is 11.3 Å². The highest BCUT2D eigenvalue weighted by Gasteiger charge is 2.16. The van der Waals surface area contributed by atoms with Crippen molar-refractivity contribution in [2.24, 2.45) is 5.18 Å². The first-order chi connectivity index (χ1) is 13.0. The molecule has 3 aromatic carbocycles. The fourth-order valence-electron chi connectivity index (χ4n) is 2.58. The second-order valence-corrected chi connectivity index (χ2v) is 6.54. The number of aryl methyl sites for hydroxylation is 2. The Morgan fingerprint density at radius 3 is 2.15 bits per heavy atom. The van der Waals surface area contributed by atoms with Crippen LogP contribution in [0.4, 0.5) is 11.4 Å². The van der Waals surface area contributed by atoms with Crippen LogP contribution in [-0.4, -0.2) is 5.91 Å². The van der Waals surface area contributed by atoms with Crippen molar-refractivity contribution in [3.05, 3.63) is 87.3 Å². The topological polar surface area (TPSA) is 67.8 Å². The van der Waals surface area contributed by atoms with E-state index in [0.29, 0.717) is 22.0 Å². The normalized spacial score (nSPS) is 10.3. The minimum Gasteiger partial charge on any atom is -0.457 e. The van der Waals surface area contributed by atoms with Gasteiger partial charge >= 0.3 is 0 Å². The van der Waals surface area contributed by atoms with Gasteiger partial charge in [0.05, 0.1) is 5.56 Å². The van der Waals surface area contributed by atoms with Gasteiger partial charge in [-0.15, -0.1) is 4.91 Å². The number of hydrogen-bond donors (Lipinski definition) is 1. The summed E-state index contributed by atoms with van der Waals surface area (Å²) in [7, 11) is 0. The molecule has 6 heteroatoms. The van der Waals surface area contributed by atoms with E-state index in [1.165, 1.54) is 6.07 Å². The van der Waals surface area contributed by atoms with Crippen LogP contribution in [0.15, 0.2) is 65.8 Å². The van der Waals surface area contributed by atoms with Crippen molar-refractivity contribution in [3.8, 4) is 11.5 Å². The lowest BCUT2D eigenvalue weighted by Crippen LogP contribution is -2.12. The quantitative estimate of drug-likeness (QED) is 0.520. The van der Waals surface area contributed by atoms with Gasteiger partial charge in [-0.25, -0.2) is 0 Å². The van der Waals surface area contributed by atoms with Crippen LogP contribution < -0.4 is 10.1 Å². The fourth-order valence-corrected chi connectivity index (χ4v) is 2.85. The number of nitroso groups, excluding NO2 is 1. The summed E-state index contributed by atoms with van der Waals surface area (Å²) in [6.07, 6.45) is 0. The van der Waals surface area contributed by atoms with Crippen molar-refractivity contribution < 1.29 is 9.53 Å². The standard InChI is InChI=1S/C21H17ClN2O3/c1-13-3-7-17(8-4-13)27-18-9-5-16(6-10-18)23-21(25)19-12-15(22)11-14(2)20(19)24-26/h3-12H,1-2H3,(H,23,25). The van der Waals surface area contributed by atoms with Crippen LogP contribution in [0.3, 0.4) is 0 Å². The molecule has 0 spiro atoms. The van der Waals surface area contributed by atoms with Gasteiger partial charge in [-0.05, 0) is 73.1 Å². The SMILES string of the molecule is Cc1ccc(Oc2ccc(NC(=O)c3cc(Cl)cc(C)c3N=O)cc2)cc1. The Morgan fingerprint density at radius 2 is 1.56 bits per heavy atom. The molecule has 5 nitrogen and oxygen atoms in total. The first kappa shape index (κ1) is 18.6. The van der Waals surface area contributed by atoms with E-state index in [1.807, 2.05) is 31.2 Å². The molecule has 0 aliphatic carbocycles. The van der Waals surface area contributed by atoms with E-state index >= 15 is 0 Å². The van der Waals surface area contributed by atoms with Gasteiger partial charge < -0.3 is 10.1 Å². The Hall–Kier alpha value is -3.18. The molecule has 0 atom stereocenters. The third kappa shape index (κ3) is 4.51. The summed E-state index contributed by atoms with van der Waals surface area (Å²) in [5.41, 5.74) is 2.47. The summed E-state index contributed by atoms with van der Waals surface area (Å²) in [5.74, 6) is 0.918. The van der Waals surface area contributed by atoms with Gasteiger partial charge in [0.15, 0.2) is 0 Å². The number of hydrogen-bond acceptors (Lipinski definition) is 4. The lowest BCUT2D eigenvalue weighted by atomic mass is 10.1. The third-order valence-corrected chi connectivity index (χ3v) is 4.19. The molecule has 0 fully saturated rings. The number of amides is 1. The molecule has 0 aromatic heterocycles. The zero-order valence-electron chi connectivity index (χ0n) is 14.8. The van der Waals surface area contributed by atoms with Crippen LogP contribution in [0.2, 0.25) is 5.02 Å². The van der Waals surface area contributed by atoms with Gasteiger partial charge in [-0.2, -0.15) is 0 Å². The van der Waals surface area contributed by atoms with Gasteiger partial charge in [0, 0.05) is 10.7 Å². The van der Waals surface area contributed by atoms with E-state index in [2.05, 4.69) is 10.5 Å². The second-order valence-electron chi connectivity index (χ2n) is 6.10. The highest BCUT2D eigenvalue weighted by molar-refractivity contribution is 6.31. The Bertz CT molecular complexity index is 984. The lowest BCUT2D eigenvalue weighted by Gasteiger charge is -2.10. The largest absolute Gasteiger partial charge is 0.457 e. The van der Waals surface area contributed by atoms with Crippen molar-refractivity contribution >= 4 is 28.9 Å². The summed E-state index contributed by atoms with van der Waals surface area (Å²) >= 11 is 5.99. The van der Waals surface area contributed by atoms with E-state index in [4.69, 9.17) is 16.3 Å². The van der Waals surface area contributed by atoms with Gasteiger partial charge in [0.2, 0.25) is 0 Å². The number of carbonyl (C=O) groups excluding carboxylic acids is 1. The molecular formula is C21H17ClN2O3. The molecule has 0 bridgehead atoms. The summed E-state index contributed by atoms with van der Waals surface area (Å²) in [4.78, 5) is 23.6. The molecule has 136 valence electrons. The molecule has 3 rings (SSSR count). The fraction of sp³-hybridized carbons (Fsp3) is 0.0952. The van der Waals surface area contributed by atoms with E-state index < -0.39 is 5.91 Å². The number of anilines is 1. The molecule has 3 aromatic rings. The number of nitrogens with zero attached hydrogens (tertiary/aromatic N) is 1. The molecular weight excluding hydrogens is 364 g/mol. The van der Waals surface area contributed by atoms with Crippen LogP contribution >= 0.6 is 11.6 Å². The monoisotopic (exact) mass is 380 g/mol. The minimum atomic E-state index is -0.456. The molecule has 0 aliphatic rings. The van der Waals surface area contributed by atoms with E-state index in [9.17, 15) is 9.70 Å².